The number of methoxy groups -OCH3 is 1. The molecule has 0 atom stereocenters. The van der Waals surface area contributed by atoms with Crippen molar-refractivity contribution >= 4 is 29.1 Å². The maximum atomic E-state index is 11.2. The maximum absolute atomic E-state index is 11.2. The predicted octanol–water partition coefficient (Wildman–Crippen LogP) is 1.03. The number of nitrogens with zero attached hydrogens (tertiary/aromatic N) is 3. The van der Waals surface area contributed by atoms with E-state index in [1.165, 1.54) is 29.9 Å². The van der Waals surface area contributed by atoms with Gasteiger partial charge in [-0.1, -0.05) is 0 Å². The van der Waals surface area contributed by atoms with Crippen molar-refractivity contribution in [2.24, 2.45) is 0 Å². The van der Waals surface area contributed by atoms with Gasteiger partial charge in [0, 0.05) is 5.38 Å². The van der Waals surface area contributed by atoms with Crippen molar-refractivity contribution < 1.29 is 19.4 Å². The quantitative estimate of drug-likeness (QED) is 0.786. The number of ether oxygens (including phenoxy) is 1. The zero-order valence-corrected chi connectivity index (χ0v) is 11.2. The van der Waals surface area contributed by atoms with E-state index in [1.807, 2.05) is 0 Å². The lowest BCUT2D eigenvalue weighted by Gasteiger charge is -2.02. The van der Waals surface area contributed by atoms with Crippen LogP contribution in [0.15, 0.2) is 17.5 Å². The van der Waals surface area contributed by atoms with Crippen molar-refractivity contribution in [2.75, 3.05) is 12.4 Å². The van der Waals surface area contributed by atoms with E-state index in [-0.39, 0.29) is 11.4 Å². The van der Waals surface area contributed by atoms with Gasteiger partial charge in [-0.05, 0) is 12.1 Å². The third kappa shape index (κ3) is 3.26. The van der Waals surface area contributed by atoms with Crippen LogP contribution >= 0.6 is 11.3 Å². The number of aromatic nitrogens is 3. The zero-order valence-electron chi connectivity index (χ0n) is 10.4. The van der Waals surface area contributed by atoms with Gasteiger partial charge >= 0.3 is 11.9 Å². The molecule has 8 nitrogen and oxygen atoms in total. The van der Waals surface area contributed by atoms with Crippen LogP contribution in [-0.2, 0) is 11.3 Å². The normalized spacial score (nSPS) is 10.1. The van der Waals surface area contributed by atoms with E-state index in [0.29, 0.717) is 17.4 Å². The number of carbonyl (C=O) groups excluding carboxylic acids is 1. The molecular weight excluding hydrogens is 284 g/mol. The highest BCUT2D eigenvalue weighted by Gasteiger charge is 2.10. The highest BCUT2D eigenvalue weighted by molar-refractivity contribution is 7.09. The molecule has 104 valence electrons. The van der Waals surface area contributed by atoms with Crippen LogP contribution in [0.4, 0.5) is 5.82 Å². The summed E-state index contributed by atoms with van der Waals surface area (Å²) in [5.41, 5.74) is 0.124. The molecule has 0 bridgehead atoms. The third-order valence-corrected chi connectivity index (χ3v) is 3.10. The molecule has 0 aromatic carbocycles. The number of thiazole rings is 1. The molecule has 0 spiro atoms. The van der Waals surface area contributed by atoms with Gasteiger partial charge in [0.2, 0.25) is 0 Å². The monoisotopic (exact) mass is 294 g/mol. The summed E-state index contributed by atoms with van der Waals surface area (Å²) in [4.78, 5) is 25.8. The third-order valence-electron chi connectivity index (χ3n) is 2.25. The van der Waals surface area contributed by atoms with Crippen molar-refractivity contribution in [3.8, 4) is 0 Å². The molecule has 0 aliphatic rings. The number of carboxylic acids is 1. The minimum absolute atomic E-state index is 0.0129. The van der Waals surface area contributed by atoms with Gasteiger partial charge in [-0.2, -0.15) is 0 Å². The Morgan fingerprint density at radius 3 is 2.70 bits per heavy atom. The smallest absolute Gasteiger partial charge is 0.358 e. The Labute approximate surface area is 117 Å². The minimum atomic E-state index is -1.06. The molecule has 0 fully saturated rings. The van der Waals surface area contributed by atoms with Crippen molar-refractivity contribution in [2.45, 2.75) is 6.54 Å². The van der Waals surface area contributed by atoms with Crippen LogP contribution in [0, 0.1) is 0 Å². The molecule has 0 radical (unpaired) electrons. The zero-order chi connectivity index (χ0) is 14.5. The van der Waals surface area contributed by atoms with Crippen molar-refractivity contribution in [1.82, 2.24) is 15.2 Å². The Bertz CT molecular complexity index is 626. The molecule has 0 amide bonds. The Balaban J connectivity index is 1.96. The second-order valence-corrected chi connectivity index (χ2v) is 4.52. The number of rotatable bonds is 5. The molecule has 0 aliphatic carbocycles. The molecule has 0 aliphatic heterocycles. The van der Waals surface area contributed by atoms with E-state index in [0.717, 1.165) is 0 Å². The van der Waals surface area contributed by atoms with Gasteiger partial charge in [0.25, 0.3) is 0 Å². The highest BCUT2D eigenvalue weighted by atomic mass is 32.1. The van der Waals surface area contributed by atoms with E-state index in [4.69, 9.17) is 5.11 Å². The van der Waals surface area contributed by atoms with Crippen LogP contribution < -0.4 is 5.32 Å². The highest BCUT2D eigenvalue weighted by Crippen LogP contribution is 2.12. The summed E-state index contributed by atoms with van der Waals surface area (Å²) in [6.45, 7) is 0.324. The van der Waals surface area contributed by atoms with Gasteiger partial charge in [-0.25, -0.2) is 14.6 Å². The lowest BCUT2D eigenvalue weighted by Crippen LogP contribution is -2.08. The number of hydrogen-bond acceptors (Lipinski definition) is 8. The number of nitrogens with one attached hydrogen (secondary N) is 1. The molecule has 0 saturated heterocycles. The molecule has 2 rings (SSSR count). The molecule has 2 aromatic heterocycles. The number of esters is 1. The van der Waals surface area contributed by atoms with Gasteiger partial charge in [0.15, 0.2) is 11.4 Å². The maximum Gasteiger partial charge on any atom is 0.358 e. The van der Waals surface area contributed by atoms with Crippen LogP contribution in [-0.4, -0.2) is 39.3 Å². The molecule has 9 heteroatoms. The minimum Gasteiger partial charge on any atom is -0.476 e. The number of aromatic carboxylic acids is 1. The number of carboxylic acid groups (broad SMARTS) is 1. The summed E-state index contributed by atoms with van der Waals surface area (Å²) in [5.74, 6) is -1.17. The molecule has 0 unspecified atom stereocenters. The second-order valence-electron chi connectivity index (χ2n) is 3.58. The van der Waals surface area contributed by atoms with Gasteiger partial charge < -0.3 is 15.2 Å². The van der Waals surface area contributed by atoms with Crippen LogP contribution in [0.25, 0.3) is 0 Å². The van der Waals surface area contributed by atoms with Crippen molar-refractivity contribution in [3.63, 3.8) is 0 Å². The standard InChI is InChI=1S/C11H10N4O4S/c1-19-11(18)6-2-3-8(15-14-6)12-4-9-13-7(5-20-9)10(16)17/h2-3,5H,4H2,1H3,(H,12,15)(H,16,17). The largest absolute Gasteiger partial charge is 0.476 e. The number of carbonyl (C=O) groups is 2. The lowest BCUT2D eigenvalue weighted by molar-refractivity contribution is 0.0592. The first kappa shape index (κ1) is 13.9. The van der Waals surface area contributed by atoms with Gasteiger partial charge in [-0.15, -0.1) is 21.5 Å². The van der Waals surface area contributed by atoms with E-state index < -0.39 is 11.9 Å². The second kappa shape index (κ2) is 6.06. The van der Waals surface area contributed by atoms with Crippen LogP contribution in [0.5, 0.6) is 0 Å². The van der Waals surface area contributed by atoms with Crippen molar-refractivity contribution in [1.29, 1.82) is 0 Å². The first-order valence-corrected chi connectivity index (χ1v) is 6.31. The van der Waals surface area contributed by atoms with Crippen molar-refractivity contribution in [3.05, 3.63) is 33.9 Å². The topological polar surface area (TPSA) is 114 Å². The molecule has 2 N–H and O–H groups in total. The van der Waals surface area contributed by atoms with E-state index in [1.54, 1.807) is 6.07 Å². The fourth-order valence-corrected chi connectivity index (χ4v) is 2.00. The summed E-state index contributed by atoms with van der Waals surface area (Å²) < 4.78 is 4.50. The summed E-state index contributed by atoms with van der Waals surface area (Å²) in [7, 11) is 1.26. The average Bonchev–Trinajstić information content (AvgIpc) is 2.94. The van der Waals surface area contributed by atoms with Gasteiger partial charge in [0.1, 0.15) is 10.8 Å². The first-order valence-electron chi connectivity index (χ1n) is 5.43. The Hall–Kier alpha value is -2.55. The predicted molar refractivity (Wildman–Crippen MR) is 69.8 cm³/mol. The van der Waals surface area contributed by atoms with Gasteiger partial charge in [0.05, 0.1) is 13.7 Å². The number of anilines is 1. The lowest BCUT2D eigenvalue weighted by atomic mass is 10.4. The molecule has 0 saturated carbocycles. The summed E-state index contributed by atoms with van der Waals surface area (Å²) in [6.07, 6.45) is 0. The Kier molecular flexibility index (Phi) is 4.20. The first-order chi connectivity index (χ1) is 9.60. The fourth-order valence-electron chi connectivity index (χ4n) is 1.30. The Morgan fingerprint density at radius 2 is 2.15 bits per heavy atom. The average molecular weight is 294 g/mol. The SMILES string of the molecule is COC(=O)c1ccc(NCc2nc(C(=O)O)cs2)nn1. The molecular formula is C11H10N4O4S. The Morgan fingerprint density at radius 1 is 1.35 bits per heavy atom. The van der Waals surface area contributed by atoms with E-state index in [2.05, 4.69) is 25.2 Å². The molecule has 2 aromatic rings. The summed E-state index contributed by atoms with van der Waals surface area (Å²) >= 11 is 1.23. The summed E-state index contributed by atoms with van der Waals surface area (Å²) in [6, 6.07) is 3.05. The van der Waals surface area contributed by atoms with E-state index >= 15 is 0 Å². The van der Waals surface area contributed by atoms with Gasteiger partial charge in [-0.3, -0.25) is 0 Å². The van der Waals surface area contributed by atoms with Crippen LogP contribution in [0.1, 0.15) is 26.0 Å². The molecule has 20 heavy (non-hydrogen) atoms. The van der Waals surface area contributed by atoms with Crippen LogP contribution in [0.2, 0.25) is 0 Å². The molecule has 2 heterocycles. The van der Waals surface area contributed by atoms with E-state index in [9.17, 15) is 9.59 Å². The van der Waals surface area contributed by atoms with Crippen LogP contribution in [0.3, 0.4) is 0 Å². The number of hydrogen-bond donors (Lipinski definition) is 2. The fraction of sp³-hybridized carbons (Fsp3) is 0.182. The summed E-state index contributed by atoms with van der Waals surface area (Å²) in [5, 5.41) is 21.2.